The van der Waals surface area contributed by atoms with Gasteiger partial charge in [-0.3, -0.25) is 9.59 Å². The van der Waals surface area contributed by atoms with Gasteiger partial charge in [-0.1, -0.05) is 12.5 Å². The van der Waals surface area contributed by atoms with Gasteiger partial charge in [0.25, 0.3) is 0 Å². The SMILES string of the molecule is COc1ccc(C(=O)CCCCCC(=O)N[C@@H](CN(C)C)[C@@H](O)c2ccc3c(c2)OCCO3)cc1. The van der Waals surface area contributed by atoms with Crippen LogP contribution in [0.3, 0.4) is 0 Å². The second-order valence-corrected chi connectivity index (χ2v) is 9.00. The summed E-state index contributed by atoms with van der Waals surface area (Å²) in [6, 6.07) is 12.0. The number of likely N-dealkylation sites (N-methyl/N-ethyl adjacent to an activating group) is 1. The minimum absolute atomic E-state index is 0.0886. The highest BCUT2D eigenvalue weighted by Crippen LogP contribution is 2.33. The number of nitrogens with zero attached hydrogens (tertiary/aromatic N) is 1. The molecule has 2 N–H and O–H groups in total. The molecule has 0 saturated heterocycles. The molecule has 0 saturated carbocycles. The van der Waals surface area contributed by atoms with Crippen LogP contribution in [-0.2, 0) is 4.79 Å². The van der Waals surface area contributed by atoms with E-state index in [0.29, 0.717) is 61.6 Å². The van der Waals surface area contributed by atoms with E-state index < -0.39 is 12.1 Å². The number of carbonyl (C=O) groups excluding carboxylic acids is 2. The van der Waals surface area contributed by atoms with Gasteiger partial charge in [0.1, 0.15) is 25.1 Å². The Morgan fingerprint density at radius 3 is 2.37 bits per heavy atom. The van der Waals surface area contributed by atoms with E-state index in [0.717, 1.165) is 18.6 Å². The number of fused-ring (bicyclic) bond motifs is 1. The maximum absolute atomic E-state index is 12.6. The van der Waals surface area contributed by atoms with Gasteiger partial charge in [0, 0.05) is 24.9 Å². The van der Waals surface area contributed by atoms with Crippen molar-refractivity contribution in [1.82, 2.24) is 10.2 Å². The molecule has 8 nitrogen and oxygen atoms in total. The summed E-state index contributed by atoms with van der Waals surface area (Å²) in [5.41, 5.74) is 1.33. The van der Waals surface area contributed by atoms with Crippen LogP contribution in [0.5, 0.6) is 17.2 Å². The molecule has 1 aliphatic heterocycles. The number of aliphatic hydroxyl groups is 1. The number of carbonyl (C=O) groups is 2. The largest absolute Gasteiger partial charge is 0.497 e. The standard InChI is InChI=1S/C27H36N2O6/c1-29(2)18-22(27(32)20-11-14-24-25(17-20)35-16-15-34-24)28-26(31)8-6-4-5-7-23(30)19-9-12-21(33-3)13-10-19/h9-14,17,22,27,32H,4-8,15-16,18H2,1-3H3,(H,28,31)/t22-,27-/m0/s1. The lowest BCUT2D eigenvalue weighted by atomic mass is 10.0. The Hall–Kier alpha value is -3.10. The number of nitrogens with one attached hydrogen (secondary N) is 1. The molecule has 35 heavy (non-hydrogen) atoms. The average Bonchev–Trinajstić information content (AvgIpc) is 2.87. The van der Waals surface area contributed by atoms with E-state index in [-0.39, 0.29) is 11.7 Å². The third kappa shape index (κ3) is 7.97. The molecule has 1 amide bonds. The molecule has 2 aromatic rings. The zero-order chi connectivity index (χ0) is 25.2. The molecule has 0 aromatic heterocycles. The predicted octanol–water partition coefficient (Wildman–Crippen LogP) is 3.38. The van der Waals surface area contributed by atoms with Gasteiger partial charge >= 0.3 is 0 Å². The monoisotopic (exact) mass is 484 g/mol. The number of aliphatic hydroxyl groups excluding tert-OH is 1. The molecular weight excluding hydrogens is 448 g/mol. The van der Waals surface area contributed by atoms with Crippen molar-refractivity contribution in [3.63, 3.8) is 0 Å². The first-order chi connectivity index (χ1) is 16.9. The average molecular weight is 485 g/mol. The molecular formula is C27H36N2O6. The first-order valence-corrected chi connectivity index (χ1v) is 12.1. The summed E-state index contributed by atoms with van der Waals surface area (Å²) in [5.74, 6) is 1.96. The highest BCUT2D eigenvalue weighted by atomic mass is 16.6. The number of benzene rings is 2. The molecule has 1 heterocycles. The zero-order valence-electron chi connectivity index (χ0n) is 20.8. The number of Topliss-reactive ketones (excluding diaryl/α,β-unsaturated/α-hetero) is 1. The first kappa shape index (κ1) is 26.5. The van der Waals surface area contributed by atoms with Gasteiger partial charge in [0.15, 0.2) is 17.3 Å². The third-order valence-electron chi connectivity index (χ3n) is 5.92. The summed E-state index contributed by atoms with van der Waals surface area (Å²) >= 11 is 0. The number of ether oxygens (including phenoxy) is 3. The van der Waals surface area contributed by atoms with E-state index in [9.17, 15) is 14.7 Å². The normalized spacial score (nSPS) is 14.3. The van der Waals surface area contributed by atoms with Crippen molar-refractivity contribution in [2.45, 2.75) is 44.2 Å². The summed E-state index contributed by atoms with van der Waals surface area (Å²) in [6.45, 7) is 1.46. The Kier molecular flexibility index (Phi) is 9.93. The molecule has 0 unspecified atom stereocenters. The van der Waals surface area contributed by atoms with Crippen molar-refractivity contribution in [1.29, 1.82) is 0 Å². The number of hydrogen-bond acceptors (Lipinski definition) is 7. The van der Waals surface area contributed by atoms with Crippen LogP contribution in [0, 0.1) is 0 Å². The summed E-state index contributed by atoms with van der Waals surface area (Å²) < 4.78 is 16.3. The maximum Gasteiger partial charge on any atom is 0.220 e. The van der Waals surface area contributed by atoms with Gasteiger partial charge in [-0.25, -0.2) is 0 Å². The molecule has 1 aliphatic rings. The van der Waals surface area contributed by atoms with Crippen molar-refractivity contribution in [2.24, 2.45) is 0 Å². The van der Waals surface area contributed by atoms with E-state index in [1.807, 2.05) is 19.0 Å². The van der Waals surface area contributed by atoms with Crippen LogP contribution in [0.15, 0.2) is 42.5 Å². The van der Waals surface area contributed by atoms with Gasteiger partial charge in [-0.15, -0.1) is 0 Å². The predicted molar refractivity (Wildman–Crippen MR) is 133 cm³/mol. The molecule has 0 fully saturated rings. The van der Waals surface area contributed by atoms with E-state index in [2.05, 4.69) is 5.32 Å². The zero-order valence-corrected chi connectivity index (χ0v) is 20.8. The van der Waals surface area contributed by atoms with Gasteiger partial charge in [0.2, 0.25) is 5.91 Å². The van der Waals surface area contributed by atoms with Crippen molar-refractivity contribution in [3.8, 4) is 17.2 Å². The van der Waals surface area contributed by atoms with Crippen molar-refractivity contribution >= 4 is 11.7 Å². The number of hydrogen-bond donors (Lipinski definition) is 2. The first-order valence-electron chi connectivity index (χ1n) is 12.1. The van der Waals surface area contributed by atoms with E-state index in [1.165, 1.54) is 0 Å². The molecule has 190 valence electrons. The minimum atomic E-state index is -0.890. The summed E-state index contributed by atoms with van der Waals surface area (Å²) in [7, 11) is 5.39. The van der Waals surface area contributed by atoms with Crippen LogP contribution in [0.25, 0.3) is 0 Å². The lowest BCUT2D eigenvalue weighted by Gasteiger charge is -2.28. The molecule has 0 aliphatic carbocycles. The van der Waals surface area contributed by atoms with Gasteiger partial charge in [-0.05, 0) is 68.9 Å². The summed E-state index contributed by atoms with van der Waals surface area (Å²) in [6.07, 6.45) is 2.07. The number of rotatable bonds is 13. The van der Waals surface area contributed by atoms with E-state index in [1.54, 1.807) is 49.6 Å². The van der Waals surface area contributed by atoms with Crippen molar-refractivity contribution in [3.05, 3.63) is 53.6 Å². The van der Waals surface area contributed by atoms with E-state index >= 15 is 0 Å². The van der Waals surface area contributed by atoms with Crippen LogP contribution in [0.1, 0.15) is 54.1 Å². The fraction of sp³-hybridized carbons (Fsp3) is 0.481. The maximum atomic E-state index is 12.6. The summed E-state index contributed by atoms with van der Waals surface area (Å²) in [4.78, 5) is 26.9. The highest BCUT2D eigenvalue weighted by molar-refractivity contribution is 5.96. The topological polar surface area (TPSA) is 97.3 Å². The fourth-order valence-corrected chi connectivity index (χ4v) is 4.04. The lowest BCUT2D eigenvalue weighted by molar-refractivity contribution is -0.123. The molecule has 8 heteroatoms. The fourth-order valence-electron chi connectivity index (χ4n) is 4.04. The Bertz CT molecular complexity index is 976. The highest BCUT2D eigenvalue weighted by Gasteiger charge is 2.25. The lowest BCUT2D eigenvalue weighted by Crippen LogP contribution is -2.45. The Labute approximate surface area is 207 Å². The van der Waals surface area contributed by atoms with Crippen LogP contribution in [-0.4, -0.2) is 68.7 Å². The molecule has 0 spiro atoms. The Morgan fingerprint density at radius 1 is 1.00 bits per heavy atom. The Morgan fingerprint density at radius 2 is 1.69 bits per heavy atom. The van der Waals surface area contributed by atoms with Crippen LogP contribution in [0.4, 0.5) is 0 Å². The number of amides is 1. The molecule has 2 aromatic carbocycles. The molecule has 0 bridgehead atoms. The molecule has 2 atom stereocenters. The van der Waals surface area contributed by atoms with Gasteiger partial charge in [-0.2, -0.15) is 0 Å². The smallest absolute Gasteiger partial charge is 0.220 e. The van der Waals surface area contributed by atoms with Crippen molar-refractivity contribution in [2.75, 3.05) is 41.0 Å². The van der Waals surface area contributed by atoms with Gasteiger partial charge in [0.05, 0.1) is 13.2 Å². The molecule has 3 rings (SSSR count). The number of unbranched alkanes of at least 4 members (excludes halogenated alkanes) is 2. The van der Waals surface area contributed by atoms with Crippen LogP contribution in [0.2, 0.25) is 0 Å². The second kappa shape index (κ2) is 13.1. The van der Waals surface area contributed by atoms with Crippen LogP contribution < -0.4 is 19.5 Å². The van der Waals surface area contributed by atoms with Gasteiger partial charge < -0.3 is 29.5 Å². The number of ketones is 1. The quantitative estimate of drug-likeness (QED) is 0.332. The minimum Gasteiger partial charge on any atom is -0.497 e. The third-order valence-corrected chi connectivity index (χ3v) is 5.92. The number of methoxy groups -OCH3 is 1. The van der Waals surface area contributed by atoms with Crippen molar-refractivity contribution < 1.29 is 28.9 Å². The van der Waals surface area contributed by atoms with E-state index in [4.69, 9.17) is 14.2 Å². The van der Waals surface area contributed by atoms with Crippen LogP contribution >= 0.6 is 0 Å². The summed E-state index contributed by atoms with van der Waals surface area (Å²) in [5, 5.41) is 14.0. The molecule has 0 radical (unpaired) electrons. The second-order valence-electron chi connectivity index (χ2n) is 9.00. The Balaban J connectivity index is 1.45.